The number of nitrogens with two attached hydrogens (primary N) is 1. The van der Waals surface area contributed by atoms with Crippen LogP contribution in [0.15, 0.2) is 12.3 Å². The molecule has 0 spiro atoms. The minimum absolute atomic E-state index is 0.0370. The summed E-state index contributed by atoms with van der Waals surface area (Å²) in [6.07, 6.45) is 1.22. The molecular formula is C10H14N4O3. The van der Waals surface area contributed by atoms with Crippen molar-refractivity contribution in [3.05, 3.63) is 17.8 Å². The third kappa shape index (κ3) is 3.98. The lowest BCUT2D eigenvalue weighted by atomic mass is 10.2. The molecule has 0 unspecified atom stereocenters. The highest BCUT2D eigenvalue weighted by molar-refractivity contribution is 5.89. The zero-order valence-corrected chi connectivity index (χ0v) is 9.36. The predicted octanol–water partition coefficient (Wildman–Crippen LogP) is -0.0900. The van der Waals surface area contributed by atoms with Crippen molar-refractivity contribution in [3.63, 3.8) is 0 Å². The van der Waals surface area contributed by atoms with E-state index in [1.807, 2.05) is 0 Å². The molecule has 0 aliphatic carbocycles. The van der Waals surface area contributed by atoms with Crippen LogP contribution in [0.3, 0.4) is 0 Å². The molecule has 1 aromatic heterocycles. The highest BCUT2D eigenvalue weighted by atomic mass is 16.4. The molecule has 1 heterocycles. The number of carboxylic acid groups (broad SMARTS) is 1. The molecule has 7 nitrogen and oxygen atoms in total. The maximum Gasteiger partial charge on any atom is 0.337 e. The summed E-state index contributed by atoms with van der Waals surface area (Å²) in [7, 11) is 0. The lowest BCUT2D eigenvalue weighted by Gasteiger charge is -2.08. The molecule has 0 aliphatic heterocycles. The van der Waals surface area contributed by atoms with E-state index in [1.165, 1.54) is 19.2 Å². The van der Waals surface area contributed by atoms with Gasteiger partial charge in [0.2, 0.25) is 5.91 Å². The first-order valence-electron chi connectivity index (χ1n) is 4.98. The normalized spacial score (nSPS) is 9.71. The van der Waals surface area contributed by atoms with Crippen LogP contribution in [0.2, 0.25) is 0 Å². The predicted molar refractivity (Wildman–Crippen MR) is 62.8 cm³/mol. The number of amides is 1. The van der Waals surface area contributed by atoms with Crippen molar-refractivity contribution >= 4 is 23.4 Å². The number of pyridine rings is 1. The molecule has 0 fully saturated rings. The van der Waals surface area contributed by atoms with E-state index >= 15 is 0 Å². The smallest absolute Gasteiger partial charge is 0.337 e. The Morgan fingerprint density at radius 1 is 1.47 bits per heavy atom. The van der Waals surface area contributed by atoms with Crippen LogP contribution in [-0.2, 0) is 4.79 Å². The molecule has 92 valence electrons. The fraction of sp³-hybridized carbons (Fsp3) is 0.300. The molecule has 0 aromatic carbocycles. The molecular weight excluding hydrogens is 224 g/mol. The average molecular weight is 238 g/mol. The summed E-state index contributed by atoms with van der Waals surface area (Å²) in [6.45, 7) is 2.33. The lowest BCUT2D eigenvalue weighted by Crippen LogP contribution is -2.26. The molecule has 1 amide bonds. The number of carboxylic acids is 1. The van der Waals surface area contributed by atoms with Crippen molar-refractivity contribution in [2.45, 2.75) is 6.92 Å². The number of carbonyl (C=O) groups is 2. The van der Waals surface area contributed by atoms with Gasteiger partial charge in [0, 0.05) is 26.2 Å². The van der Waals surface area contributed by atoms with Crippen LogP contribution < -0.4 is 16.4 Å². The number of hydrogen-bond donors (Lipinski definition) is 4. The molecule has 0 bridgehead atoms. The quantitative estimate of drug-likeness (QED) is 0.532. The first-order valence-corrected chi connectivity index (χ1v) is 4.98. The number of carbonyl (C=O) groups excluding carboxylic acids is 1. The Hall–Kier alpha value is -2.31. The maximum absolute atomic E-state index is 10.6. The van der Waals surface area contributed by atoms with Gasteiger partial charge in [-0.2, -0.15) is 0 Å². The third-order valence-corrected chi connectivity index (χ3v) is 1.96. The summed E-state index contributed by atoms with van der Waals surface area (Å²) in [6, 6.07) is 1.33. The summed E-state index contributed by atoms with van der Waals surface area (Å²) < 4.78 is 0. The van der Waals surface area contributed by atoms with E-state index in [0.29, 0.717) is 18.9 Å². The van der Waals surface area contributed by atoms with Gasteiger partial charge in [-0.25, -0.2) is 9.78 Å². The maximum atomic E-state index is 10.6. The summed E-state index contributed by atoms with van der Waals surface area (Å²) in [5, 5.41) is 14.2. The number of nitrogens with zero attached hydrogens (tertiary/aromatic N) is 1. The highest BCUT2D eigenvalue weighted by Gasteiger charge is 2.07. The van der Waals surface area contributed by atoms with Gasteiger partial charge in [-0.1, -0.05) is 0 Å². The molecule has 5 N–H and O–H groups in total. The van der Waals surface area contributed by atoms with E-state index in [4.69, 9.17) is 10.8 Å². The van der Waals surface area contributed by atoms with Crippen molar-refractivity contribution in [3.8, 4) is 0 Å². The number of nitrogens with one attached hydrogen (secondary N) is 2. The monoisotopic (exact) mass is 238 g/mol. The number of aromatic nitrogens is 1. The Balaban J connectivity index is 2.54. The molecule has 17 heavy (non-hydrogen) atoms. The Bertz CT molecular complexity index is 434. The van der Waals surface area contributed by atoms with Gasteiger partial charge in [-0.05, 0) is 6.07 Å². The standard InChI is InChI=1S/C10H14N4O3/c1-6(15)12-2-3-13-9-8(11)4-7(5-14-9)10(16)17/h4-5H,2-3,11H2,1H3,(H,12,15)(H,13,14)(H,16,17). The van der Waals surface area contributed by atoms with Crippen molar-refractivity contribution in [2.24, 2.45) is 0 Å². The van der Waals surface area contributed by atoms with Gasteiger partial charge in [0.1, 0.15) is 5.82 Å². The fourth-order valence-corrected chi connectivity index (χ4v) is 1.17. The minimum Gasteiger partial charge on any atom is -0.478 e. The van der Waals surface area contributed by atoms with Gasteiger partial charge in [0.25, 0.3) is 0 Å². The lowest BCUT2D eigenvalue weighted by molar-refractivity contribution is -0.118. The van der Waals surface area contributed by atoms with Crippen LogP contribution in [0, 0.1) is 0 Å². The first-order chi connectivity index (χ1) is 8.00. The van der Waals surface area contributed by atoms with Crippen molar-refractivity contribution in [1.29, 1.82) is 0 Å². The first kappa shape index (κ1) is 12.8. The fourth-order valence-electron chi connectivity index (χ4n) is 1.17. The van der Waals surface area contributed by atoms with Crippen LogP contribution in [0.1, 0.15) is 17.3 Å². The van der Waals surface area contributed by atoms with E-state index < -0.39 is 5.97 Å². The average Bonchev–Trinajstić information content (AvgIpc) is 2.25. The Morgan fingerprint density at radius 3 is 2.71 bits per heavy atom. The van der Waals surface area contributed by atoms with Crippen LogP contribution >= 0.6 is 0 Å². The summed E-state index contributed by atoms with van der Waals surface area (Å²) in [4.78, 5) is 25.1. The molecule has 0 radical (unpaired) electrons. The zero-order valence-electron chi connectivity index (χ0n) is 9.36. The molecule has 1 aromatic rings. The second-order valence-electron chi connectivity index (χ2n) is 3.38. The van der Waals surface area contributed by atoms with E-state index in [0.717, 1.165) is 0 Å². The van der Waals surface area contributed by atoms with Crippen molar-refractivity contribution in [1.82, 2.24) is 10.3 Å². The van der Waals surface area contributed by atoms with Crippen LogP contribution in [0.5, 0.6) is 0 Å². The molecule has 7 heteroatoms. The van der Waals surface area contributed by atoms with Gasteiger partial charge in [-0.3, -0.25) is 4.79 Å². The highest BCUT2D eigenvalue weighted by Crippen LogP contribution is 2.15. The summed E-state index contributed by atoms with van der Waals surface area (Å²) >= 11 is 0. The number of nitrogen functional groups attached to an aromatic ring is 1. The summed E-state index contributed by atoms with van der Waals surface area (Å²) in [5.41, 5.74) is 5.92. The van der Waals surface area contributed by atoms with Gasteiger partial charge in [-0.15, -0.1) is 0 Å². The Labute approximate surface area is 98.0 Å². The van der Waals surface area contributed by atoms with Crippen molar-refractivity contribution in [2.75, 3.05) is 24.1 Å². The number of anilines is 2. The Morgan fingerprint density at radius 2 is 2.18 bits per heavy atom. The second-order valence-corrected chi connectivity index (χ2v) is 3.38. The summed E-state index contributed by atoms with van der Waals surface area (Å²) in [5.74, 6) is -0.789. The van der Waals surface area contributed by atoms with E-state index in [1.54, 1.807) is 0 Å². The van der Waals surface area contributed by atoms with Gasteiger partial charge in [0.05, 0.1) is 11.3 Å². The van der Waals surface area contributed by atoms with Crippen LogP contribution in [-0.4, -0.2) is 35.1 Å². The van der Waals surface area contributed by atoms with Crippen LogP contribution in [0.4, 0.5) is 11.5 Å². The molecule has 0 saturated carbocycles. The third-order valence-electron chi connectivity index (χ3n) is 1.96. The zero-order chi connectivity index (χ0) is 12.8. The SMILES string of the molecule is CC(=O)NCCNc1ncc(C(=O)O)cc1N. The second kappa shape index (κ2) is 5.69. The van der Waals surface area contributed by atoms with E-state index in [9.17, 15) is 9.59 Å². The number of aromatic carboxylic acids is 1. The molecule has 1 rings (SSSR count). The topological polar surface area (TPSA) is 117 Å². The molecule has 0 aliphatic rings. The molecule has 0 saturated heterocycles. The number of hydrogen-bond acceptors (Lipinski definition) is 5. The largest absolute Gasteiger partial charge is 0.478 e. The van der Waals surface area contributed by atoms with Crippen LogP contribution in [0.25, 0.3) is 0 Å². The van der Waals surface area contributed by atoms with E-state index in [-0.39, 0.29) is 17.2 Å². The van der Waals surface area contributed by atoms with Gasteiger partial charge >= 0.3 is 5.97 Å². The van der Waals surface area contributed by atoms with Gasteiger partial charge < -0.3 is 21.5 Å². The Kier molecular flexibility index (Phi) is 4.27. The molecule has 0 atom stereocenters. The van der Waals surface area contributed by atoms with Crippen molar-refractivity contribution < 1.29 is 14.7 Å². The van der Waals surface area contributed by atoms with Gasteiger partial charge in [0.15, 0.2) is 0 Å². The van der Waals surface area contributed by atoms with E-state index in [2.05, 4.69) is 15.6 Å². The number of rotatable bonds is 5. The minimum atomic E-state index is -1.08.